The van der Waals surface area contributed by atoms with Crippen molar-refractivity contribution in [2.24, 2.45) is 5.92 Å². The van der Waals surface area contributed by atoms with E-state index in [0.717, 1.165) is 25.9 Å². The first-order valence-corrected chi connectivity index (χ1v) is 7.65. The third-order valence-electron chi connectivity index (χ3n) is 4.04. The number of carbonyl (C=O) groups is 1. The molecule has 0 radical (unpaired) electrons. The smallest absolute Gasteiger partial charge is 0.273 e. The summed E-state index contributed by atoms with van der Waals surface area (Å²) in [5, 5.41) is 14.0. The average molecular weight is 321 g/mol. The third-order valence-corrected chi connectivity index (χ3v) is 4.40. The first kappa shape index (κ1) is 16.4. The number of piperidine rings is 1. The van der Waals surface area contributed by atoms with Gasteiger partial charge < -0.3 is 4.90 Å². The molecule has 2 rings (SSSR count). The molecule has 118 valence electrons. The van der Waals surface area contributed by atoms with Gasteiger partial charge in [0, 0.05) is 30.3 Å². The number of hydrogen-bond donors (Lipinski definition) is 1. The second-order valence-electron chi connectivity index (χ2n) is 5.64. The molecule has 1 N–H and O–H groups in total. The summed E-state index contributed by atoms with van der Waals surface area (Å²) in [4.78, 5) is 24.7. The Morgan fingerprint density at radius 1 is 1.41 bits per heavy atom. The highest BCUT2D eigenvalue weighted by atomic mass is 32.1. The van der Waals surface area contributed by atoms with Crippen LogP contribution < -0.4 is 5.32 Å². The first-order valence-electron chi connectivity index (χ1n) is 7.24. The van der Waals surface area contributed by atoms with Gasteiger partial charge in [-0.1, -0.05) is 13.0 Å². The lowest BCUT2D eigenvalue weighted by atomic mass is 10.00. The standard InChI is InChI=1S/C15H19N3O3S/c1-10-6-8-17(9-7-10)15(22)16-14(19)12-4-3-5-13(11(12)2)18(20)21/h3-5,10H,6-9H2,1-2H3,(H,16,19,22). The number of amides is 1. The first-order chi connectivity index (χ1) is 10.4. The highest BCUT2D eigenvalue weighted by Gasteiger charge is 2.22. The van der Waals surface area contributed by atoms with Gasteiger partial charge in [-0.15, -0.1) is 0 Å². The fourth-order valence-electron chi connectivity index (χ4n) is 2.52. The molecule has 1 aliphatic heterocycles. The number of thiocarbonyl (C=S) groups is 1. The van der Waals surface area contributed by atoms with Crippen molar-refractivity contribution >= 4 is 28.9 Å². The number of nitro groups is 1. The maximum atomic E-state index is 12.3. The number of hydrogen-bond acceptors (Lipinski definition) is 4. The molecule has 1 fully saturated rings. The number of rotatable bonds is 2. The van der Waals surface area contributed by atoms with Crippen molar-refractivity contribution in [1.82, 2.24) is 10.2 Å². The Bertz CT molecular complexity index is 610. The molecule has 1 aromatic rings. The maximum Gasteiger partial charge on any atom is 0.273 e. The fraction of sp³-hybridized carbons (Fsp3) is 0.467. The zero-order valence-corrected chi connectivity index (χ0v) is 13.5. The molecule has 0 atom stereocenters. The predicted molar refractivity (Wildman–Crippen MR) is 87.9 cm³/mol. The zero-order valence-electron chi connectivity index (χ0n) is 12.7. The molecule has 0 bridgehead atoms. The van der Waals surface area contributed by atoms with Crippen LogP contribution in [0.5, 0.6) is 0 Å². The SMILES string of the molecule is Cc1c(C(=O)NC(=S)N2CCC(C)CC2)cccc1[N+](=O)[O-]. The lowest BCUT2D eigenvalue weighted by Crippen LogP contribution is -2.46. The van der Waals surface area contributed by atoms with E-state index in [1.807, 2.05) is 4.90 Å². The van der Waals surface area contributed by atoms with Crippen LogP contribution in [0, 0.1) is 23.0 Å². The van der Waals surface area contributed by atoms with Gasteiger partial charge in [0.15, 0.2) is 5.11 Å². The molecule has 0 aliphatic carbocycles. The van der Waals surface area contributed by atoms with Gasteiger partial charge in [-0.25, -0.2) is 0 Å². The van der Waals surface area contributed by atoms with Gasteiger partial charge >= 0.3 is 0 Å². The Labute approximate surface area is 134 Å². The summed E-state index contributed by atoms with van der Waals surface area (Å²) < 4.78 is 0. The molecule has 0 saturated carbocycles. The van der Waals surface area contributed by atoms with Gasteiger partial charge in [-0.05, 0) is 44.0 Å². The number of carbonyl (C=O) groups excluding carboxylic acids is 1. The van der Waals surface area contributed by atoms with Gasteiger partial charge in [-0.2, -0.15) is 0 Å². The van der Waals surface area contributed by atoms with Crippen LogP contribution in [-0.4, -0.2) is 33.9 Å². The average Bonchev–Trinajstić information content (AvgIpc) is 2.47. The summed E-state index contributed by atoms with van der Waals surface area (Å²) >= 11 is 5.28. The van der Waals surface area contributed by atoms with E-state index < -0.39 is 10.8 Å². The number of nitrogens with zero attached hydrogens (tertiary/aromatic N) is 2. The molecule has 1 aromatic carbocycles. The van der Waals surface area contributed by atoms with Gasteiger partial charge in [0.1, 0.15) is 0 Å². The molecule has 0 unspecified atom stereocenters. The van der Waals surface area contributed by atoms with E-state index in [4.69, 9.17) is 12.2 Å². The summed E-state index contributed by atoms with van der Waals surface area (Å²) in [6.07, 6.45) is 2.09. The number of benzene rings is 1. The largest absolute Gasteiger partial charge is 0.349 e. The summed E-state index contributed by atoms with van der Waals surface area (Å²) in [6.45, 7) is 5.42. The molecule has 1 saturated heterocycles. The van der Waals surface area contributed by atoms with E-state index in [-0.39, 0.29) is 11.3 Å². The zero-order chi connectivity index (χ0) is 16.3. The number of nitrogens with one attached hydrogen (secondary N) is 1. The second kappa shape index (κ2) is 6.83. The van der Waals surface area contributed by atoms with E-state index in [9.17, 15) is 14.9 Å². The molecule has 0 spiro atoms. The van der Waals surface area contributed by atoms with Crippen LogP contribution in [0.2, 0.25) is 0 Å². The molecular formula is C15H19N3O3S. The molecule has 7 heteroatoms. The third kappa shape index (κ3) is 3.59. The summed E-state index contributed by atoms with van der Waals surface area (Å²) in [5.74, 6) is 0.276. The minimum absolute atomic E-state index is 0.0645. The number of nitro benzene ring substituents is 1. The summed E-state index contributed by atoms with van der Waals surface area (Å²) in [7, 11) is 0. The van der Waals surface area contributed by atoms with Crippen LogP contribution in [0.1, 0.15) is 35.7 Å². The Balaban J connectivity index is 2.08. The lowest BCUT2D eigenvalue weighted by molar-refractivity contribution is -0.385. The monoisotopic (exact) mass is 321 g/mol. The van der Waals surface area contributed by atoms with Crippen molar-refractivity contribution < 1.29 is 9.72 Å². The van der Waals surface area contributed by atoms with Gasteiger partial charge in [0.25, 0.3) is 11.6 Å². The van der Waals surface area contributed by atoms with Crippen molar-refractivity contribution in [2.45, 2.75) is 26.7 Å². The molecular weight excluding hydrogens is 302 g/mol. The summed E-state index contributed by atoms with van der Waals surface area (Å²) in [6, 6.07) is 4.46. The van der Waals surface area contributed by atoms with Crippen molar-refractivity contribution in [3.63, 3.8) is 0 Å². The molecule has 1 heterocycles. The van der Waals surface area contributed by atoms with E-state index in [2.05, 4.69) is 12.2 Å². The van der Waals surface area contributed by atoms with Crippen LogP contribution >= 0.6 is 12.2 Å². The van der Waals surface area contributed by atoms with Crippen LogP contribution in [0.25, 0.3) is 0 Å². The van der Waals surface area contributed by atoms with Crippen molar-refractivity contribution in [3.8, 4) is 0 Å². The van der Waals surface area contributed by atoms with E-state index in [1.165, 1.54) is 12.1 Å². The minimum atomic E-state index is -0.490. The van der Waals surface area contributed by atoms with Crippen molar-refractivity contribution in [3.05, 3.63) is 39.4 Å². The lowest BCUT2D eigenvalue weighted by Gasteiger charge is -2.32. The van der Waals surface area contributed by atoms with Crippen molar-refractivity contribution in [2.75, 3.05) is 13.1 Å². The molecule has 6 nitrogen and oxygen atoms in total. The summed E-state index contributed by atoms with van der Waals surface area (Å²) in [5.41, 5.74) is 0.562. The Hall–Kier alpha value is -2.02. The normalized spacial score (nSPS) is 15.5. The predicted octanol–water partition coefficient (Wildman–Crippen LogP) is 2.65. The maximum absolute atomic E-state index is 12.3. The quantitative estimate of drug-likeness (QED) is 0.515. The van der Waals surface area contributed by atoms with Gasteiger partial charge in [-0.3, -0.25) is 20.2 Å². The highest BCUT2D eigenvalue weighted by molar-refractivity contribution is 7.80. The van der Waals surface area contributed by atoms with Gasteiger partial charge in [0.2, 0.25) is 0 Å². The van der Waals surface area contributed by atoms with Crippen LogP contribution in [0.3, 0.4) is 0 Å². The molecule has 1 amide bonds. The highest BCUT2D eigenvalue weighted by Crippen LogP contribution is 2.21. The Morgan fingerprint density at radius 2 is 2.05 bits per heavy atom. The second-order valence-corrected chi connectivity index (χ2v) is 6.02. The molecule has 22 heavy (non-hydrogen) atoms. The molecule has 0 aromatic heterocycles. The van der Waals surface area contributed by atoms with E-state index >= 15 is 0 Å². The van der Waals surface area contributed by atoms with Crippen LogP contribution in [-0.2, 0) is 0 Å². The topological polar surface area (TPSA) is 75.5 Å². The van der Waals surface area contributed by atoms with E-state index in [1.54, 1.807) is 13.0 Å². The van der Waals surface area contributed by atoms with Crippen LogP contribution in [0.4, 0.5) is 5.69 Å². The minimum Gasteiger partial charge on any atom is -0.349 e. The molecule has 1 aliphatic rings. The Kier molecular flexibility index (Phi) is 5.07. The van der Waals surface area contributed by atoms with Gasteiger partial charge in [0.05, 0.1) is 4.92 Å². The fourth-order valence-corrected chi connectivity index (χ4v) is 2.80. The van der Waals surface area contributed by atoms with Crippen LogP contribution in [0.15, 0.2) is 18.2 Å². The van der Waals surface area contributed by atoms with E-state index in [0.29, 0.717) is 16.6 Å². The Morgan fingerprint density at radius 3 is 2.64 bits per heavy atom. The number of likely N-dealkylation sites (tertiary alicyclic amines) is 1. The van der Waals surface area contributed by atoms with Crippen molar-refractivity contribution in [1.29, 1.82) is 0 Å².